The molecule has 0 aliphatic heterocycles. The van der Waals surface area contributed by atoms with Crippen LogP contribution < -0.4 is 5.32 Å². The monoisotopic (exact) mass is 241 g/mol. The van der Waals surface area contributed by atoms with Gasteiger partial charge in [-0.2, -0.15) is 0 Å². The lowest BCUT2D eigenvalue weighted by Gasteiger charge is -2.08. The van der Waals surface area contributed by atoms with Crippen LogP contribution in [0.4, 0.5) is 0 Å². The Labute approximate surface area is 88.7 Å². The molecule has 1 N–H and O–H groups in total. The maximum atomic E-state index is 3.57. The van der Waals surface area contributed by atoms with Crippen molar-refractivity contribution in [2.24, 2.45) is 0 Å². The summed E-state index contributed by atoms with van der Waals surface area (Å²) in [5.41, 5.74) is 4.12. The average molecular weight is 242 g/mol. The molecule has 0 radical (unpaired) electrons. The molecule has 1 nitrogen and oxygen atoms in total. The van der Waals surface area contributed by atoms with Crippen LogP contribution in [-0.4, -0.2) is 13.6 Å². The van der Waals surface area contributed by atoms with Gasteiger partial charge in [0, 0.05) is 4.47 Å². The Balaban J connectivity index is 2.92. The molecule has 0 atom stereocenters. The average Bonchev–Trinajstić information content (AvgIpc) is 2.09. The van der Waals surface area contributed by atoms with Crippen LogP contribution in [0.5, 0.6) is 0 Å². The van der Waals surface area contributed by atoms with Gasteiger partial charge < -0.3 is 5.32 Å². The number of likely N-dealkylation sites (N-methyl/N-ethyl adjacent to an activating group) is 1. The summed E-state index contributed by atoms with van der Waals surface area (Å²) in [6.07, 6.45) is 1.10. The fourth-order valence-electron chi connectivity index (χ4n) is 1.41. The number of benzene rings is 1. The van der Waals surface area contributed by atoms with Gasteiger partial charge in [0.2, 0.25) is 0 Å². The third-order valence-corrected chi connectivity index (χ3v) is 3.06. The quantitative estimate of drug-likeness (QED) is 0.859. The Bertz CT molecular complexity index is 294. The molecule has 0 saturated heterocycles. The molecule has 0 spiro atoms. The van der Waals surface area contributed by atoms with Crippen molar-refractivity contribution in [1.82, 2.24) is 5.32 Å². The summed E-state index contributed by atoms with van der Waals surface area (Å²) in [6.45, 7) is 5.33. The van der Waals surface area contributed by atoms with Gasteiger partial charge in [-0.3, -0.25) is 0 Å². The lowest BCUT2D eigenvalue weighted by atomic mass is 10.0. The molecule has 0 heterocycles. The molecule has 72 valence electrons. The van der Waals surface area contributed by atoms with E-state index >= 15 is 0 Å². The van der Waals surface area contributed by atoms with E-state index in [1.807, 2.05) is 7.05 Å². The second-order valence-electron chi connectivity index (χ2n) is 3.38. The first-order chi connectivity index (χ1) is 6.15. The number of halogens is 1. The number of rotatable bonds is 3. The topological polar surface area (TPSA) is 12.0 Å². The van der Waals surface area contributed by atoms with Crippen molar-refractivity contribution in [3.8, 4) is 0 Å². The third-order valence-electron chi connectivity index (χ3n) is 2.24. The Hall–Kier alpha value is -0.340. The maximum absolute atomic E-state index is 3.57. The number of nitrogens with one attached hydrogen (secondary N) is 1. The molecule has 0 aromatic heterocycles. The van der Waals surface area contributed by atoms with Gasteiger partial charge in [0.15, 0.2) is 0 Å². The van der Waals surface area contributed by atoms with E-state index in [-0.39, 0.29) is 0 Å². The molecule has 2 heteroatoms. The summed E-state index contributed by atoms with van der Waals surface area (Å²) in [4.78, 5) is 0. The van der Waals surface area contributed by atoms with Crippen molar-refractivity contribution in [1.29, 1.82) is 0 Å². The second kappa shape index (κ2) is 4.77. The first kappa shape index (κ1) is 10.7. The molecule has 13 heavy (non-hydrogen) atoms. The molecule has 0 amide bonds. The zero-order valence-corrected chi connectivity index (χ0v) is 10.0. The van der Waals surface area contributed by atoms with Gasteiger partial charge in [0.1, 0.15) is 0 Å². The third kappa shape index (κ3) is 2.82. The zero-order chi connectivity index (χ0) is 9.84. The Morgan fingerprint density at radius 2 is 2.00 bits per heavy atom. The van der Waals surface area contributed by atoms with Gasteiger partial charge in [-0.15, -0.1) is 0 Å². The number of aryl methyl sites for hydroxylation is 1. The minimum atomic E-state index is 1.04. The molecule has 1 aromatic rings. The summed E-state index contributed by atoms with van der Waals surface area (Å²) in [5, 5.41) is 3.17. The first-order valence-corrected chi connectivity index (χ1v) is 5.34. The highest BCUT2D eigenvalue weighted by molar-refractivity contribution is 9.10. The molecule has 0 unspecified atom stereocenters. The van der Waals surface area contributed by atoms with E-state index in [1.54, 1.807) is 0 Å². The van der Waals surface area contributed by atoms with Crippen LogP contribution in [0.1, 0.15) is 16.7 Å². The van der Waals surface area contributed by atoms with Crippen molar-refractivity contribution in [3.63, 3.8) is 0 Å². The van der Waals surface area contributed by atoms with Crippen molar-refractivity contribution < 1.29 is 0 Å². The van der Waals surface area contributed by atoms with Crippen LogP contribution in [0, 0.1) is 13.8 Å². The highest BCUT2D eigenvalue weighted by Gasteiger charge is 2.02. The van der Waals surface area contributed by atoms with Crippen molar-refractivity contribution in [2.75, 3.05) is 13.6 Å². The van der Waals surface area contributed by atoms with Crippen LogP contribution in [-0.2, 0) is 6.42 Å². The van der Waals surface area contributed by atoms with Gasteiger partial charge in [0.25, 0.3) is 0 Å². The van der Waals surface area contributed by atoms with Crippen molar-refractivity contribution >= 4 is 15.9 Å². The largest absolute Gasteiger partial charge is 0.319 e. The van der Waals surface area contributed by atoms with E-state index in [0.29, 0.717) is 0 Å². The van der Waals surface area contributed by atoms with Gasteiger partial charge in [0.05, 0.1) is 0 Å². The van der Waals surface area contributed by atoms with E-state index < -0.39 is 0 Å². The Morgan fingerprint density at radius 3 is 2.62 bits per heavy atom. The number of hydrogen-bond donors (Lipinski definition) is 1. The molecule has 1 rings (SSSR count). The van der Waals surface area contributed by atoms with Gasteiger partial charge in [-0.1, -0.05) is 22.0 Å². The second-order valence-corrected chi connectivity index (χ2v) is 4.24. The number of hydrogen-bond acceptors (Lipinski definition) is 1. The summed E-state index contributed by atoms with van der Waals surface area (Å²) in [6, 6.07) is 4.43. The van der Waals surface area contributed by atoms with E-state index in [0.717, 1.165) is 13.0 Å². The zero-order valence-electron chi connectivity index (χ0n) is 8.45. The smallest absolute Gasteiger partial charge is 0.0209 e. The van der Waals surface area contributed by atoms with E-state index in [1.165, 1.54) is 21.2 Å². The van der Waals surface area contributed by atoms with E-state index in [2.05, 4.69) is 47.2 Å². The summed E-state index contributed by atoms with van der Waals surface area (Å²) >= 11 is 3.57. The lowest BCUT2D eigenvalue weighted by Crippen LogP contribution is -2.11. The molecule has 0 bridgehead atoms. The summed E-state index contributed by atoms with van der Waals surface area (Å²) in [7, 11) is 1.99. The first-order valence-electron chi connectivity index (χ1n) is 4.55. The molecule has 0 saturated carbocycles. The highest BCUT2D eigenvalue weighted by atomic mass is 79.9. The van der Waals surface area contributed by atoms with Crippen LogP contribution in [0.2, 0.25) is 0 Å². The highest BCUT2D eigenvalue weighted by Crippen LogP contribution is 2.22. The summed E-state index contributed by atoms with van der Waals surface area (Å²) < 4.78 is 1.22. The predicted octanol–water partition coefficient (Wildman–Crippen LogP) is 2.83. The maximum Gasteiger partial charge on any atom is 0.0209 e. The minimum Gasteiger partial charge on any atom is -0.319 e. The SMILES string of the molecule is CNCCc1cc(C)cc(Br)c1C. The molecular weight excluding hydrogens is 226 g/mol. The predicted molar refractivity (Wildman–Crippen MR) is 61.2 cm³/mol. The molecule has 0 aliphatic rings. The summed E-state index contributed by atoms with van der Waals surface area (Å²) in [5.74, 6) is 0. The van der Waals surface area contributed by atoms with Crippen LogP contribution in [0.15, 0.2) is 16.6 Å². The lowest BCUT2D eigenvalue weighted by molar-refractivity contribution is 0.787. The Kier molecular flexibility index (Phi) is 3.94. The van der Waals surface area contributed by atoms with Gasteiger partial charge in [-0.25, -0.2) is 0 Å². The molecule has 0 fully saturated rings. The standard InChI is InChI=1S/C11H16BrN/c1-8-6-10(4-5-13-3)9(2)11(12)7-8/h6-7,13H,4-5H2,1-3H3. The normalized spacial score (nSPS) is 10.5. The van der Waals surface area contributed by atoms with E-state index in [9.17, 15) is 0 Å². The van der Waals surface area contributed by atoms with E-state index in [4.69, 9.17) is 0 Å². The molecule has 0 aliphatic carbocycles. The van der Waals surface area contributed by atoms with Crippen molar-refractivity contribution in [3.05, 3.63) is 33.3 Å². The van der Waals surface area contributed by atoms with Gasteiger partial charge in [-0.05, 0) is 56.6 Å². The fourth-order valence-corrected chi connectivity index (χ4v) is 2.02. The molecular formula is C11H16BrN. The fraction of sp³-hybridized carbons (Fsp3) is 0.455. The minimum absolute atomic E-state index is 1.04. The van der Waals surface area contributed by atoms with Crippen LogP contribution in [0.3, 0.4) is 0 Å². The van der Waals surface area contributed by atoms with Crippen LogP contribution in [0.25, 0.3) is 0 Å². The molecule has 1 aromatic carbocycles. The van der Waals surface area contributed by atoms with Crippen molar-refractivity contribution in [2.45, 2.75) is 20.3 Å². The van der Waals surface area contributed by atoms with Crippen LogP contribution >= 0.6 is 15.9 Å². The van der Waals surface area contributed by atoms with Gasteiger partial charge >= 0.3 is 0 Å². The Morgan fingerprint density at radius 1 is 1.31 bits per heavy atom.